The maximum absolute atomic E-state index is 12.2. The molecule has 3 heterocycles. The Morgan fingerprint density at radius 2 is 1.96 bits per heavy atom. The number of ether oxygens (including phenoxy) is 1. The number of H-pyrrole nitrogens is 1. The van der Waals surface area contributed by atoms with Gasteiger partial charge in [0.15, 0.2) is 5.43 Å². The van der Waals surface area contributed by atoms with Crippen LogP contribution in [0.3, 0.4) is 0 Å². The van der Waals surface area contributed by atoms with Gasteiger partial charge in [0.2, 0.25) is 0 Å². The summed E-state index contributed by atoms with van der Waals surface area (Å²) in [5, 5.41) is 2.62. The maximum Gasteiger partial charge on any atom is 0.192 e. The maximum atomic E-state index is 12.2. The summed E-state index contributed by atoms with van der Waals surface area (Å²) in [4.78, 5) is 20.1. The van der Waals surface area contributed by atoms with Crippen molar-refractivity contribution in [2.24, 2.45) is 0 Å². The molecule has 0 saturated carbocycles. The molecule has 0 spiro atoms. The van der Waals surface area contributed by atoms with Gasteiger partial charge in [-0.15, -0.1) is 0 Å². The monoisotopic (exact) mass is 356 g/mol. The number of hydrogen-bond donors (Lipinski definition) is 1. The van der Waals surface area contributed by atoms with E-state index in [0.29, 0.717) is 11.0 Å². The van der Waals surface area contributed by atoms with Crippen molar-refractivity contribution in [1.29, 1.82) is 0 Å². The van der Waals surface area contributed by atoms with Crippen LogP contribution >= 0.6 is 0 Å². The Bertz CT molecular complexity index is 1400. The third-order valence-electron chi connectivity index (χ3n) is 4.89. The summed E-state index contributed by atoms with van der Waals surface area (Å²) in [5.74, 6) is 0.754. The van der Waals surface area contributed by atoms with Crippen LogP contribution in [0.15, 0.2) is 64.1 Å². The largest absolute Gasteiger partial charge is 0.495 e. The molecule has 0 amide bonds. The summed E-state index contributed by atoms with van der Waals surface area (Å²) >= 11 is 0. The molecule has 132 valence electrons. The van der Waals surface area contributed by atoms with Crippen LogP contribution < -0.4 is 10.2 Å². The lowest BCUT2D eigenvalue weighted by Crippen LogP contribution is -1.98. The summed E-state index contributed by atoms with van der Waals surface area (Å²) in [6.45, 7) is 2.02. The van der Waals surface area contributed by atoms with E-state index in [1.54, 1.807) is 7.11 Å². The van der Waals surface area contributed by atoms with Crippen LogP contribution in [0.4, 0.5) is 0 Å². The predicted molar refractivity (Wildman–Crippen MR) is 106 cm³/mol. The van der Waals surface area contributed by atoms with Crippen LogP contribution in [0.1, 0.15) is 5.56 Å². The van der Waals surface area contributed by atoms with Gasteiger partial charge in [-0.05, 0) is 53.9 Å². The molecule has 1 N–H and O–H groups in total. The van der Waals surface area contributed by atoms with Gasteiger partial charge in [0.25, 0.3) is 0 Å². The molecule has 0 aliphatic heterocycles. The van der Waals surface area contributed by atoms with Gasteiger partial charge in [0.1, 0.15) is 17.0 Å². The minimum absolute atomic E-state index is 0.0562. The minimum atomic E-state index is -0.0562. The Morgan fingerprint density at radius 1 is 1.07 bits per heavy atom. The molecule has 3 aromatic heterocycles. The highest BCUT2D eigenvalue weighted by atomic mass is 16.5. The number of methoxy groups -OCH3 is 1. The topological polar surface area (TPSA) is 68.1 Å². The number of pyridine rings is 1. The van der Waals surface area contributed by atoms with E-state index in [1.807, 2.05) is 43.5 Å². The van der Waals surface area contributed by atoms with E-state index in [-0.39, 0.29) is 5.43 Å². The molecule has 0 saturated heterocycles. The number of nitrogens with one attached hydrogen (secondary N) is 1. The van der Waals surface area contributed by atoms with Gasteiger partial charge in [-0.25, -0.2) is 4.98 Å². The molecule has 0 aliphatic rings. The molecule has 5 rings (SSSR count). The van der Waals surface area contributed by atoms with Crippen LogP contribution in [0.2, 0.25) is 0 Å². The van der Waals surface area contributed by atoms with Gasteiger partial charge in [0.05, 0.1) is 24.3 Å². The van der Waals surface area contributed by atoms with Gasteiger partial charge < -0.3 is 14.1 Å². The van der Waals surface area contributed by atoms with Crippen LogP contribution in [0.5, 0.6) is 5.75 Å². The lowest BCUT2D eigenvalue weighted by atomic mass is 9.98. The third kappa shape index (κ3) is 2.32. The van der Waals surface area contributed by atoms with Gasteiger partial charge in [-0.3, -0.25) is 4.79 Å². The second kappa shape index (κ2) is 5.71. The molecule has 5 aromatic rings. The zero-order valence-electron chi connectivity index (χ0n) is 14.9. The molecule has 0 atom stereocenters. The Morgan fingerprint density at radius 3 is 2.81 bits per heavy atom. The molecule has 0 unspecified atom stereocenters. The first-order valence-electron chi connectivity index (χ1n) is 8.62. The number of benzene rings is 2. The first-order valence-corrected chi connectivity index (χ1v) is 8.62. The SMILES string of the molecule is COc1ccc(-c2ccc3occc(=O)c3c2)c2c1[nH]c1ncc(C)cc12. The van der Waals surface area contributed by atoms with Crippen molar-refractivity contribution >= 4 is 32.9 Å². The molecule has 5 nitrogen and oxygen atoms in total. The zero-order valence-corrected chi connectivity index (χ0v) is 14.9. The molecule has 0 bridgehead atoms. The van der Waals surface area contributed by atoms with E-state index in [2.05, 4.69) is 16.0 Å². The van der Waals surface area contributed by atoms with E-state index < -0.39 is 0 Å². The number of nitrogens with zero attached hydrogens (tertiary/aromatic N) is 1. The summed E-state index contributed by atoms with van der Waals surface area (Å²) in [7, 11) is 1.65. The Kier molecular flexibility index (Phi) is 3.31. The van der Waals surface area contributed by atoms with E-state index in [4.69, 9.17) is 9.15 Å². The van der Waals surface area contributed by atoms with Crippen molar-refractivity contribution in [3.63, 3.8) is 0 Å². The number of aryl methyl sites for hydroxylation is 1. The van der Waals surface area contributed by atoms with Crippen molar-refractivity contribution < 1.29 is 9.15 Å². The fraction of sp³-hybridized carbons (Fsp3) is 0.0909. The number of rotatable bonds is 2. The molecular formula is C22H16N2O3. The average Bonchev–Trinajstić information content (AvgIpc) is 3.06. The number of aromatic nitrogens is 2. The fourth-order valence-electron chi connectivity index (χ4n) is 3.63. The van der Waals surface area contributed by atoms with E-state index in [9.17, 15) is 4.79 Å². The highest BCUT2D eigenvalue weighted by Crippen LogP contribution is 2.39. The lowest BCUT2D eigenvalue weighted by Gasteiger charge is -2.09. The van der Waals surface area contributed by atoms with Crippen molar-refractivity contribution in [1.82, 2.24) is 9.97 Å². The van der Waals surface area contributed by atoms with Crippen LogP contribution in [0.25, 0.3) is 44.0 Å². The average molecular weight is 356 g/mol. The van der Waals surface area contributed by atoms with Crippen molar-refractivity contribution in [2.75, 3.05) is 7.11 Å². The van der Waals surface area contributed by atoms with E-state index >= 15 is 0 Å². The van der Waals surface area contributed by atoms with Gasteiger partial charge in [-0.1, -0.05) is 6.07 Å². The fourth-order valence-corrected chi connectivity index (χ4v) is 3.63. The third-order valence-corrected chi connectivity index (χ3v) is 4.89. The van der Waals surface area contributed by atoms with Crippen molar-refractivity contribution in [2.45, 2.75) is 6.92 Å². The summed E-state index contributed by atoms with van der Waals surface area (Å²) in [5.41, 5.74) is 5.25. The standard InChI is InChI=1S/C22H16N2O3/c1-12-9-16-20-14(4-6-19(26-2)21(20)24-22(16)23-11-12)13-3-5-18-15(10-13)17(25)7-8-27-18/h3-11H,1-2H3,(H,23,24). The number of fused-ring (bicyclic) bond motifs is 4. The Balaban J connectivity index is 1.91. The molecule has 0 radical (unpaired) electrons. The second-order valence-electron chi connectivity index (χ2n) is 6.60. The molecule has 27 heavy (non-hydrogen) atoms. The highest BCUT2D eigenvalue weighted by molar-refractivity contribution is 6.15. The predicted octanol–water partition coefficient (Wildman–Crippen LogP) is 4.81. The normalized spacial score (nSPS) is 11.5. The first kappa shape index (κ1) is 15.6. The molecule has 0 fully saturated rings. The highest BCUT2D eigenvalue weighted by Gasteiger charge is 2.16. The van der Waals surface area contributed by atoms with Crippen LogP contribution in [0, 0.1) is 6.92 Å². The first-order chi connectivity index (χ1) is 13.2. The van der Waals surface area contributed by atoms with Crippen molar-refractivity contribution in [3.05, 3.63) is 70.7 Å². The number of hydrogen-bond acceptors (Lipinski definition) is 4. The summed E-state index contributed by atoms with van der Waals surface area (Å²) in [6.07, 6.45) is 3.26. The van der Waals surface area contributed by atoms with Gasteiger partial charge in [0, 0.05) is 23.0 Å². The van der Waals surface area contributed by atoms with E-state index in [1.165, 1.54) is 12.3 Å². The number of aromatic amines is 1. The zero-order chi connectivity index (χ0) is 18.5. The Labute approximate surface area is 154 Å². The van der Waals surface area contributed by atoms with Crippen LogP contribution in [-0.2, 0) is 0 Å². The van der Waals surface area contributed by atoms with Crippen molar-refractivity contribution in [3.8, 4) is 16.9 Å². The summed E-state index contributed by atoms with van der Waals surface area (Å²) in [6, 6.07) is 13.2. The Hall–Kier alpha value is -3.60. The van der Waals surface area contributed by atoms with Gasteiger partial charge >= 0.3 is 0 Å². The molecule has 2 aromatic carbocycles. The lowest BCUT2D eigenvalue weighted by molar-refractivity contribution is 0.419. The minimum Gasteiger partial charge on any atom is -0.495 e. The van der Waals surface area contributed by atoms with Crippen LogP contribution in [-0.4, -0.2) is 17.1 Å². The second-order valence-corrected chi connectivity index (χ2v) is 6.60. The quantitative estimate of drug-likeness (QED) is 0.493. The summed E-state index contributed by atoms with van der Waals surface area (Å²) < 4.78 is 11.0. The molecule has 5 heteroatoms. The smallest absolute Gasteiger partial charge is 0.192 e. The van der Waals surface area contributed by atoms with Gasteiger partial charge in [-0.2, -0.15) is 0 Å². The molecular weight excluding hydrogens is 340 g/mol. The molecule has 0 aliphatic carbocycles. The van der Waals surface area contributed by atoms with E-state index in [0.717, 1.165) is 44.4 Å².